The van der Waals surface area contributed by atoms with Crippen molar-refractivity contribution in [1.29, 1.82) is 0 Å². The summed E-state index contributed by atoms with van der Waals surface area (Å²) in [5.41, 5.74) is 2.42. The number of benzene rings is 1. The lowest BCUT2D eigenvalue weighted by Gasteiger charge is -2.02. The van der Waals surface area contributed by atoms with Crippen LogP contribution < -0.4 is 0 Å². The summed E-state index contributed by atoms with van der Waals surface area (Å²) in [7, 11) is 0. The van der Waals surface area contributed by atoms with E-state index < -0.39 is 0 Å². The average Bonchev–Trinajstić information content (AvgIpc) is 3.05. The molecule has 4 heteroatoms. The van der Waals surface area contributed by atoms with Crippen molar-refractivity contribution in [2.24, 2.45) is 0 Å². The number of H-pyrrole nitrogens is 1. The lowest BCUT2D eigenvalue weighted by atomic mass is 10.1. The Kier molecular flexibility index (Phi) is 3.09. The molecule has 0 amide bonds. The van der Waals surface area contributed by atoms with E-state index >= 15 is 0 Å². The van der Waals surface area contributed by atoms with E-state index in [2.05, 4.69) is 4.98 Å². The highest BCUT2D eigenvalue weighted by Crippen LogP contribution is 2.35. The Bertz CT molecular complexity index is 713. The number of ether oxygens (including phenoxy) is 1. The molecule has 3 nitrogen and oxygen atoms in total. The number of carbonyl (C=O) groups excluding carboxylic acids is 1. The second-order valence-electron chi connectivity index (χ2n) is 4.12. The molecule has 2 aromatic heterocycles. The summed E-state index contributed by atoms with van der Waals surface area (Å²) in [4.78, 5) is 16.3. The molecule has 0 aliphatic carbocycles. The van der Waals surface area contributed by atoms with Gasteiger partial charge in [0, 0.05) is 21.3 Å². The number of nitrogens with one attached hydrogen (secondary N) is 1. The van der Waals surface area contributed by atoms with E-state index in [1.54, 1.807) is 11.3 Å². The van der Waals surface area contributed by atoms with Crippen LogP contribution in [-0.4, -0.2) is 17.6 Å². The normalized spacial score (nSPS) is 10.8. The fourth-order valence-corrected chi connectivity index (χ4v) is 2.97. The molecule has 0 spiro atoms. The van der Waals surface area contributed by atoms with Gasteiger partial charge in [-0.3, -0.25) is 0 Å². The first-order valence-electron chi connectivity index (χ1n) is 6.13. The predicted octanol–water partition coefficient (Wildman–Crippen LogP) is 4.07. The van der Waals surface area contributed by atoms with Crippen LogP contribution in [0.1, 0.15) is 17.4 Å². The summed E-state index contributed by atoms with van der Waals surface area (Å²) >= 11 is 1.62. The van der Waals surface area contributed by atoms with Crippen LogP contribution in [0.3, 0.4) is 0 Å². The molecule has 0 aliphatic heterocycles. The second kappa shape index (κ2) is 4.90. The summed E-state index contributed by atoms with van der Waals surface area (Å²) in [5.74, 6) is -0.304. The Hall–Kier alpha value is -2.07. The first-order valence-corrected chi connectivity index (χ1v) is 7.01. The fraction of sp³-hybridized carbons (Fsp3) is 0.133. The van der Waals surface area contributed by atoms with Gasteiger partial charge in [0.1, 0.15) is 5.69 Å². The molecule has 0 fully saturated rings. The van der Waals surface area contributed by atoms with E-state index in [0.29, 0.717) is 12.3 Å². The van der Waals surface area contributed by atoms with Gasteiger partial charge in [0.15, 0.2) is 0 Å². The number of aromatic nitrogens is 1. The van der Waals surface area contributed by atoms with E-state index in [9.17, 15) is 4.79 Å². The highest BCUT2D eigenvalue weighted by Gasteiger charge is 2.20. The van der Waals surface area contributed by atoms with E-state index in [4.69, 9.17) is 4.74 Å². The van der Waals surface area contributed by atoms with Gasteiger partial charge in [-0.2, -0.15) is 0 Å². The monoisotopic (exact) mass is 271 g/mol. The van der Waals surface area contributed by atoms with Gasteiger partial charge in [-0.1, -0.05) is 24.3 Å². The van der Waals surface area contributed by atoms with Gasteiger partial charge < -0.3 is 9.72 Å². The number of aromatic amines is 1. The van der Waals surface area contributed by atoms with E-state index in [1.165, 1.54) is 0 Å². The number of thiophene rings is 1. The molecule has 96 valence electrons. The molecular formula is C15H13NO2S. The van der Waals surface area contributed by atoms with Crippen LogP contribution in [-0.2, 0) is 4.74 Å². The second-order valence-corrected chi connectivity index (χ2v) is 5.07. The van der Waals surface area contributed by atoms with Crippen LogP contribution in [0, 0.1) is 0 Å². The largest absolute Gasteiger partial charge is 0.461 e. The minimum absolute atomic E-state index is 0.304. The maximum atomic E-state index is 12.1. The number of esters is 1. The molecule has 19 heavy (non-hydrogen) atoms. The number of carbonyl (C=O) groups is 1. The molecule has 0 bridgehead atoms. The fourth-order valence-electron chi connectivity index (χ4n) is 2.18. The standard InChI is InChI=1S/C15H13NO2S/c1-2-18-15(17)14-13(12-8-5-9-19-12)10-6-3-4-7-11(10)16-14/h3-9,16H,2H2,1H3. The summed E-state index contributed by atoms with van der Waals surface area (Å²) < 4.78 is 5.13. The molecule has 0 atom stereocenters. The Morgan fingerprint density at radius 2 is 2.11 bits per heavy atom. The molecule has 0 radical (unpaired) electrons. The van der Waals surface area contributed by atoms with Crippen molar-refractivity contribution >= 4 is 28.2 Å². The smallest absolute Gasteiger partial charge is 0.355 e. The van der Waals surface area contributed by atoms with Gasteiger partial charge in [0.05, 0.1) is 6.61 Å². The molecule has 3 rings (SSSR count). The van der Waals surface area contributed by atoms with Crippen LogP contribution in [0.5, 0.6) is 0 Å². The van der Waals surface area contributed by atoms with Crippen LogP contribution in [0.4, 0.5) is 0 Å². The van der Waals surface area contributed by atoms with Gasteiger partial charge in [0.2, 0.25) is 0 Å². The Morgan fingerprint density at radius 3 is 2.84 bits per heavy atom. The quantitative estimate of drug-likeness (QED) is 0.729. The molecule has 1 N–H and O–H groups in total. The highest BCUT2D eigenvalue weighted by molar-refractivity contribution is 7.13. The molecule has 0 saturated heterocycles. The molecule has 1 aromatic carbocycles. The maximum absolute atomic E-state index is 12.1. The Balaban J connectivity index is 2.26. The summed E-state index contributed by atoms with van der Waals surface area (Å²) in [6.45, 7) is 2.18. The topological polar surface area (TPSA) is 42.1 Å². The first kappa shape index (κ1) is 12.0. The Morgan fingerprint density at radius 1 is 1.26 bits per heavy atom. The zero-order chi connectivity index (χ0) is 13.2. The molecule has 2 heterocycles. The van der Waals surface area contributed by atoms with E-state index in [0.717, 1.165) is 21.3 Å². The average molecular weight is 271 g/mol. The van der Waals surface area contributed by atoms with Gasteiger partial charge in [-0.15, -0.1) is 11.3 Å². The van der Waals surface area contributed by atoms with Gasteiger partial charge in [-0.05, 0) is 24.4 Å². The van der Waals surface area contributed by atoms with E-state index in [1.807, 2.05) is 48.7 Å². The third-order valence-electron chi connectivity index (χ3n) is 2.95. The van der Waals surface area contributed by atoms with Gasteiger partial charge >= 0.3 is 5.97 Å². The minimum atomic E-state index is -0.304. The third-order valence-corrected chi connectivity index (χ3v) is 3.84. The number of fused-ring (bicyclic) bond motifs is 1. The predicted molar refractivity (Wildman–Crippen MR) is 77.6 cm³/mol. The zero-order valence-electron chi connectivity index (χ0n) is 10.5. The molecule has 0 saturated carbocycles. The Labute approximate surface area is 114 Å². The molecular weight excluding hydrogens is 258 g/mol. The van der Waals surface area contributed by atoms with Crippen molar-refractivity contribution in [3.63, 3.8) is 0 Å². The highest BCUT2D eigenvalue weighted by atomic mass is 32.1. The van der Waals surface area contributed by atoms with Crippen molar-refractivity contribution < 1.29 is 9.53 Å². The summed E-state index contributed by atoms with van der Waals surface area (Å²) in [5, 5.41) is 3.06. The SMILES string of the molecule is CCOC(=O)c1[nH]c2ccccc2c1-c1cccs1. The maximum Gasteiger partial charge on any atom is 0.355 e. The van der Waals surface area contributed by atoms with Crippen molar-refractivity contribution in [3.8, 4) is 10.4 Å². The van der Waals surface area contributed by atoms with Crippen LogP contribution in [0.15, 0.2) is 41.8 Å². The van der Waals surface area contributed by atoms with Crippen molar-refractivity contribution in [2.45, 2.75) is 6.92 Å². The molecule has 3 aromatic rings. The van der Waals surface area contributed by atoms with Gasteiger partial charge in [-0.25, -0.2) is 4.79 Å². The van der Waals surface area contributed by atoms with Crippen LogP contribution >= 0.6 is 11.3 Å². The van der Waals surface area contributed by atoms with Crippen molar-refractivity contribution in [1.82, 2.24) is 4.98 Å². The third kappa shape index (κ3) is 2.04. The number of hydrogen-bond donors (Lipinski definition) is 1. The number of para-hydroxylation sites is 1. The van der Waals surface area contributed by atoms with Crippen molar-refractivity contribution in [3.05, 3.63) is 47.5 Å². The zero-order valence-corrected chi connectivity index (χ0v) is 11.3. The van der Waals surface area contributed by atoms with Crippen LogP contribution in [0.25, 0.3) is 21.3 Å². The minimum Gasteiger partial charge on any atom is -0.461 e. The van der Waals surface area contributed by atoms with E-state index in [-0.39, 0.29) is 5.97 Å². The van der Waals surface area contributed by atoms with Crippen molar-refractivity contribution in [2.75, 3.05) is 6.61 Å². The summed E-state index contributed by atoms with van der Waals surface area (Å²) in [6.07, 6.45) is 0. The lowest BCUT2D eigenvalue weighted by molar-refractivity contribution is 0.0521. The first-order chi connectivity index (χ1) is 9.31. The number of hydrogen-bond acceptors (Lipinski definition) is 3. The van der Waals surface area contributed by atoms with Crippen LogP contribution in [0.2, 0.25) is 0 Å². The molecule has 0 aliphatic rings. The lowest BCUT2D eigenvalue weighted by Crippen LogP contribution is -2.06. The number of rotatable bonds is 3. The van der Waals surface area contributed by atoms with Gasteiger partial charge in [0.25, 0.3) is 0 Å². The molecule has 0 unspecified atom stereocenters. The summed E-state index contributed by atoms with van der Waals surface area (Å²) in [6, 6.07) is 11.9.